The van der Waals surface area contributed by atoms with Crippen molar-refractivity contribution in [3.8, 4) is 0 Å². The minimum Gasteiger partial charge on any atom is -0.495 e. The topological polar surface area (TPSA) is 71.1 Å². The monoisotopic (exact) mass is 324 g/mol. The van der Waals surface area contributed by atoms with Crippen LogP contribution < -0.4 is 0 Å². The van der Waals surface area contributed by atoms with Gasteiger partial charge in [0.2, 0.25) is 0 Å². The number of carbonyl (C=O) groups is 2. The fourth-order valence-corrected chi connectivity index (χ4v) is 13.7. The van der Waals surface area contributed by atoms with Crippen LogP contribution in [0.5, 0.6) is 0 Å². The highest BCUT2D eigenvalue weighted by Gasteiger charge is 2.44. The van der Waals surface area contributed by atoms with E-state index in [1.165, 1.54) is 13.8 Å². The van der Waals surface area contributed by atoms with Gasteiger partial charge in [-0.1, -0.05) is 0 Å². The molecule has 0 radical (unpaired) electrons. The van der Waals surface area contributed by atoms with E-state index >= 15 is 0 Å². The molecule has 0 aliphatic rings. The largest absolute Gasteiger partial charge is 0.495 e. The van der Waals surface area contributed by atoms with Crippen molar-refractivity contribution < 1.29 is 26.7 Å². The van der Waals surface area contributed by atoms with Crippen LogP contribution in [0.3, 0.4) is 0 Å². The molecule has 0 aliphatic heterocycles. The van der Waals surface area contributed by atoms with Gasteiger partial charge in [0.1, 0.15) is 0 Å². The summed E-state index contributed by atoms with van der Waals surface area (Å²) in [7, 11) is -7.68. The van der Waals surface area contributed by atoms with E-state index in [-0.39, 0.29) is 11.9 Å². The molecule has 9 heteroatoms. The molecule has 0 unspecified atom stereocenters. The molecule has 0 aromatic rings. The molecule has 19 heavy (non-hydrogen) atoms. The van der Waals surface area contributed by atoms with E-state index in [0.29, 0.717) is 0 Å². The molecular formula is C10H24O6Si3. The fourth-order valence-electron chi connectivity index (χ4n) is 1.94. The van der Waals surface area contributed by atoms with Crippen molar-refractivity contribution in [1.29, 1.82) is 0 Å². The minimum absolute atomic E-state index is 0.363. The average molecular weight is 325 g/mol. The van der Waals surface area contributed by atoms with Crippen molar-refractivity contribution in [1.82, 2.24) is 0 Å². The summed E-state index contributed by atoms with van der Waals surface area (Å²) in [5.41, 5.74) is 0. The fraction of sp³-hybridized carbons (Fsp3) is 0.800. The maximum Gasteiger partial charge on any atom is 0.386 e. The molecule has 0 fully saturated rings. The van der Waals surface area contributed by atoms with Crippen molar-refractivity contribution in [3.05, 3.63) is 0 Å². The first-order chi connectivity index (χ1) is 8.25. The van der Waals surface area contributed by atoms with Gasteiger partial charge in [0, 0.05) is 13.8 Å². The maximum atomic E-state index is 11.0. The molecule has 0 atom stereocenters. The third kappa shape index (κ3) is 9.10. The lowest BCUT2D eigenvalue weighted by molar-refractivity contribution is -0.134. The van der Waals surface area contributed by atoms with Gasteiger partial charge in [0.05, 0.1) is 0 Å². The SMILES string of the molecule is CC(=O)O[Si](C)(C)O[Si](C)(C)O[Si](C)(C)OC(C)=O. The van der Waals surface area contributed by atoms with Gasteiger partial charge in [-0.3, -0.25) is 9.59 Å². The Balaban J connectivity index is 4.71. The summed E-state index contributed by atoms with van der Waals surface area (Å²) >= 11 is 0. The second-order valence-electron chi connectivity index (χ2n) is 5.59. The minimum atomic E-state index is -2.57. The summed E-state index contributed by atoms with van der Waals surface area (Å²) in [5, 5.41) is 0. The van der Waals surface area contributed by atoms with Crippen molar-refractivity contribution in [2.75, 3.05) is 0 Å². The van der Waals surface area contributed by atoms with Crippen LogP contribution in [0, 0.1) is 0 Å². The third-order valence-electron chi connectivity index (χ3n) is 1.76. The van der Waals surface area contributed by atoms with Crippen LogP contribution in [0.15, 0.2) is 0 Å². The molecule has 0 heterocycles. The van der Waals surface area contributed by atoms with Crippen molar-refractivity contribution >= 4 is 37.6 Å². The lowest BCUT2D eigenvalue weighted by atomic mass is 10.9. The summed E-state index contributed by atoms with van der Waals surface area (Å²) in [6, 6.07) is 0. The van der Waals surface area contributed by atoms with E-state index in [2.05, 4.69) is 0 Å². The van der Waals surface area contributed by atoms with E-state index in [0.717, 1.165) is 0 Å². The Morgan fingerprint density at radius 3 is 1.11 bits per heavy atom. The molecular weight excluding hydrogens is 300 g/mol. The predicted molar refractivity (Wildman–Crippen MR) is 78.1 cm³/mol. The Morgan fingerprint density at radius 2 is 0.895 bits per heavy atom. The second-order valence-corrected chi connectivity index (χ2v) is 16.0. The second kappa shape index (κ2) is 6.31. The van der Waals surface area contributed by atoms with E-state index in [4.69, 9.17) is 17.1 Å². The maximum absolute atomic E-state index is 11.0. The van der Waals surface area contributed by atoms with Gasteiger partial charge >= 0.3 is 25.7 Å². The number of rotatable bonds is 6. The Kier molecular flexibility index (Phi) is 6.14. The van der Waals surface area contributed by atoms with Crippen molar-refractivity contribution in [2.45, 2.75) is 53.1 Å². The summed E-state index contributed by atoms with van der Waals surface area (Å²) < 4.78 is 22.2. The van der Waals surface area contributed by atoms with Crippen LogP contribution in [0.2, 0.25) is 39.3 Å². The number of hydrogen-bond acceptors (Lipinski definition) is 6. The smallest absolute Gasteiger partial charge is 0.386 e. The normalized spacial score (nSPS) is 13.1. The van der Waals surface area contributed by atoms with Crippen LogP contribution in [0.4, 0.5) is 0 Å². The Morgan fingerprint density at radius 1 is 0.632 bits per heavy atom. The summed E-state index contributed by atoms with van der Waals surface area (Å²) in [6.45, 7) is 13.5. The Labute approximate surface area is 118 Å². The standard InChI is InChI=1S/C10H24O6Si3/c1-9(11)13-17(3,4)15-19(7,8)16-18(5,6)14-10(2)12/h1-8H3. The lowest BCUT2D eigenvalue weighted by Crippen LogP contribution is -2.55. The lowest BCUT2D eigenvalue weighted by Gasteiger charge is -2.36. The zero-order valence-corrected chi connectivity index (χ0v) is 15.9. The molecule has 0 aromatic carbocycles. The van der Waals surface area contributed by atoms with Gasteiger partial charge in [-0.25, -0.2) is 0 Å². The zero-order valence-electron chi connectivity index (χ0n) is 12.9. The van der Waals surface area contributed by atoms with E-state index < -0.39 is 25.7 Å². The van der Waals surface area contributed by atoms with Crippen LogP contribution in [0.1, 0.15) is 13.8 Å². The molecule has 0 saturated carbocycles. The molecule has 6 nitrogen and oxygen atoms in total. The van der Waals surface area contributed by atoms with Gasteiger partial charge in [0.25, 0.3) is 11.9 Å². The van der Waals surface area contributed by atoms with Gasteiger partial charge in [0.15, 0.2) is 0 Å². The molecule has 0 saturated heterocycles. The van der Waals surface area contributed by atoms with Crippen LogP contribution >= 0.6 is 0 Å². The molecule has 112 valence electrons. The summed E-state index contributed by atoms with van der Waals surface area (Å²) in [5.74, 6) is -0.726. The highest BCUT2D eigenvalue weighted by Crippen LogP contribution is 2.21. The summed E-state index contributed by atoms with van der Waals surface area (Å²) in [6.07, 6.45) is 0. The van der Waals surface area contributed by atoms with Crippen LogP contribution in [-0.2, 0) is 26.7 Å². The van der Waals surface area contributed by atoms with Crippen molar-refractivity contribution in [2.24, 2.45) is 0 Å². The van der Waals surface area contributed by atoms with Crippen LogP contribution in [0.25, 0.3) is 0 Å². The number of carbonyl (C=O) groups excluding carboxylic acids is 2. The molecule has 0 aromatic heterocycles. The molecule has 0 spiro atoms. The summed E-state index contributed by atoms with van der Waals surface area (Å²) in [4.78, 5) is 22.0. The molecule has 0 rings (SSSR count). The first kappa shape index (κ1) is 18.5. The van der Waals surface area contributed by atoms with Gasteiger partial charge < -0.3 is 17.1 Å². The zero-order chi connectivity index (χ0) is 15.5. The van der Waals surface area contributed by atoms with E-state index in [1.54, 1.807) is 26.2 Å². The average Bonchev–Trinajstić information content (AvgIpc) is 1.89. The van der Waals surface area contributed by atoms with Gasteiger partial charge in [-0.15, -0.1) is 0 Å². The van der Waals surface area contributed by atoms with E-state index in [1.807, 2.05) is 13.1 Å². The molecule has 0 aliphatic carbocycles. The first-order valence-electron chi connectivity index (χ1n) is 6.04. The Hall–Kier alpha value is -0.489. The number of hydrogen-bond donors (Lipinski definition) is 0. The Bertz CT molecular complexity index is 321. The van der Waals surface area contributed by atoms with Gasteiger partial charge in [-0.05, 0) is 39.3 Å². The molecule has 0 amide bonds. The van der Waals surface area contributed by atoms with Gasteiger partial charge in [-0.2, -0.15) is 0 Å². The van der Waals surface area contributed by atoms with E-state index in [9.17, 15) is 9.59 Å². The van der Waals surface area contributed by atoms with Crippen molar-refractivity contribution in [3.63, 3.8) is 0 Å². The molecule has 0 bridgehead atoms. The molecule has 0 N–H and O–H groups in total. The highest BCUT2D eigenvalue weighted by atomic mass is 28.5. The highest BCUT2D eigenvalue weighted by molar-refractivity contribution is 6.85. The predicted octanol–water partition coefficient (Wildman–Crippen LogP) is 2.25. The first-order valence-corrected chi connectivity index (χ1v) is 14.5. The quantitative estimate of drug-likeness (QED) is 0.698. The third-order valence-corrected chi connectivity index (χ3v) is 11.2. The van der Waals surface area contributed by atoms with Crippen LogP contribution in [-0.4, -0.2) is 37.6 Å².